The van der Waals surface area contributed by atoms with Gasteiger partial charge in [0.15, 0.2) is 0 Å². The molecule has 2 aliphatic carbocycles. The van der Waals surface area contributed by atoms with Crippen LogP contribution in [0.25, 0.3) is 0 Å². The van der Waals surface area contributed by atoms with Gasteiger partial charge in [-0.05, 0) is 63.7 Å². The molecular formula is C24H39FN4O2. The number of rotatable bonds is 3. The fraction of sp³-hybridized carbons (Fsp3) is 0.917. The number of piperazine rings is 1. The van der Waals surface area contributed by atoms with Crippen LogP contribution >= 0.6 is 0 Å². The van der Waals surface area contributed by atoms with E-state index in [9.17, 15) is 14.0 Å². The van der Waals surface area contributed by atoms with Gasteiger partial charge >= 0.3 is 0 Å². The molecule has 2 amide bonds. The second-order valence-corrected chi connectivity index (χ2v) is 10.9. The Bertz CT molecular complexity index is 672. The van der Waals surface area contributed by atoms with Gasteiger partial charge in [-0.2, -0.15) is 0 Å². The molecule has 174 valence electrons. The van der Waals surface area contributed by atoms with E-state index in [2.05, 4.69) is 27.4 Å². The number of hydrogen-bond acceptors (Lipinski definition) is 4. The highest BCUT2D eigenvalue weighted by atomic mass is 19.1. The zero-order valence-electron chi connectivity index (χ0n) is 18.9. The van der Waals surface area contributed by atoms with E-state index in [0.29, 0.717) is 43.2 Å². The minimum absolute atomic E-state index is 0.00639. The number of halogens is 1. The molecule has 8 atom stereocenters. The molecule has 3 saturated heterocycles. The highest BCUT2D eigenvalue weighted by Gasteiger charge is 2.46. The van der Waals surface area contributed by atoms with Crippen LogP contribution in [0.4, 0.5) is 4.39 Å². The van der Waals surface area contributed by atoms with Crippen molar-refractivity contribution in [1.29, 1.82) is 0 Å². The standard InChI is InChI=1S/C24H39FN4O2/c1-15-8-9-20(25)19-13-21(27-23(15)19)24(31)26-16-4-2-5-17(12-16)28-10-11-29-18(14-28)6-3-7-22(29)30/h15-21,23,27H,2-14H2,1H3,(H,26,31)/t15?,16-,17+,18-,19?,20?,21?,23?/m1/s1. The molecular weight excluding hydrogens is 395 g/mol. The average Bonchev–Trinajstić information content (AvgIpc) is 3.24. The van der Waals surface area contributed by atoms with Crippen LogP contribution in [0.5, 0.6) is 0 Å². The fourth-order valence-electron chi connectivity index (χ4n) is 7.15. The van der Waals surface area contributed by atoms with Crippen molar-refractivity contribution in [1.82, 2.24) is 20.4 Å². The summed E-state index contributed by atoms with van der Waals surface area (Å²) in [7, 11) is 0. The second kappa shape index (κ2) is 8.97. The molecule has 3 aliphatic heterocycles. The van der Waals surface area contributed by atoms with Crippen LogP contribution in [0.15, 0.2) is 0 Å². The van der Waals surface area contributed by atoms with Gasteiger partial charge in [0.2, 0.25) is 11.8 Å². The molecule has 3 heterocycles. The summed E-state index contributed by atoms with van der Waals surface area (Å²) < 4.78 is 14.4. The summed E-state index contributed by atoms with van der Waals surface area (Å²) >= 11 is 0. The maximum Gasteiger partial charge on any atom is 0.237 e. The van der Waals surface area contributed by atoms with Crippen molar-refractivity contribution < 1.29 is 14.0 Å². The van der Waals surface area contributed by atoms with Crippen LogP contribution in [0.2, 0.25) is 0 Å². The molecule has 31 heavy (non-hydrogen) atoms. The molecule has 7 heteroatoms. The lowest BCUT2D eigenvalue weighted by Crippen LogP contribution is -2.60. The lowest BCUT2D eigenvalue weighted by Gasteiger charge is -2.48. The number of alkyl halides is 1. The first-order valence-electron chi connectivity index (χ1n) is 12.7. The first kappa shape index (κ1) is 21.6. The lowest BCUT2D eigenvalue weighted by molar-refractivity contribution is -0.140. The largest absolute Gasteiger partial charge is 0.352 e. The lowest BCUT2D eigenvalue weighted by atomic mass is 9.77. The van der Waals surface area contributed by atoms with E-state index in [1.54, 1.807) is 0 Å². The maximum absolute atomic E-state index is 14.4. The molecule has 5 aliphatic rings. The normalized spacial score (nSPS) is 43.9. The van der Waals surface area contributed by atoms with E-state index >= 15 is 0 Å². The predicted molar refractivity (Wildman–Crippen MR) is 117 cm³/mol. The van der Waals surface area contributed by atoms with Gasteiger partial charge in [0.25, 0.3) is 0 Å². The molecule has 0 aromatic carbocycles. The molecule has 2 saturated carbocycles. The number of fused-ring (bicyclic) bond motifs is 2. The van der Waals surface area contributed by atoms with Gasteiger partial charge < -0.3 is 15.5 Å². The quantitative estimate of drug-likeness (QED) is 0.715. The molecule has 0 bridgehead atoms. The van der Waals surface area contributed by atoms with E-state index < -0.39 is 6.17 Å². The Morgan fingerprint density at radius 2 is 1.90 bits per heavy atom. The Balaban J connectivity index is 1.14. The van der Waals surface area contributed by atoms with Crippen LogP contribution in [0.3, 0.4) is 0 Å². The Labute approximate surface area is 185 Å². The second-order valence-electron chi connectivity index (χ2n) is 10.9. The number of amides is 2. The van der Waals surface area contributed by atoms with E-state index in [1.807, 2.05) is 0 Å². The molecule has 2 N–H and O–H groups in total. The molecule has 0 spiro atoms. The van der Waals surface area contributed by atoms with Crippen molar-refractivity contribution in [3.05, 3.63) is 0 Å². The number of piperidine rings is 1. The number of nitrogens with zero attached hydrogens (tertiary/aromatic N) is 2. The van der Waals surface area contributed by atoms with Crippen LogP contribution in [-0.4, -0.2) is 77.6 Å². The van der Waals surface area contributed by atoms with Crippen molar-refractivity contribution in [2.24, 2.45) is 11.8 Å². The summed E-state index contributed by atoms with van der Waals surface area (Å²) in [4.78, 5) is 29.9. The van der Waals surface area contributed by atoms with Crippen molar-refractivity contribution >= 4 is 11.8 Å². The van der Waals surface area contributed by atoms with Gasteiger partial charge in [0.1, 0.15) is 6.17 Å². The summed E-state index contributed by atoms with van der Waals surface area (Å²) in [6.07, 6.45) is 8.62. The number of nitrogens with one attached hydrogen (secondary N) is 2. The summed E-state index contributed by atoms with van der Waals surface area (Å²) in [5, 5.41) is 6.79. The summed E-state index contributed by atoms with van der Waals surface area (Å²) in [6.45, 7) is 4.98. The highest BCUT2D eigenvalue weighted by Crippen LogP contribution is 2.38. The molecule has 0 aromatic rings. The zero-order valence-corrected chi connectivity index (χ0v) is 18.9. The Kier molecular flexibility index (Phi) is 6.26. The molecule has 5 rings (SSSR count). The molecule has 5 unspecified atom stereocenters. The minimum atomic E-state index is -0.768. The predicted octanol–water partition coefficient (Wildman–Crippen LogP) is 2.23. The SMILES string of the molecule is CC1CCC(F)C2CC(C(=O)N[C@@H]3CCC[C@H](N4CCN5C(=O)CCC[C@@H]5C4)C3)NC12. The fourth-order valence-corrected chi connectivity index (χ4v) is 7.15. The Hall–Kier alpha value is -1.21. The summed E-state index contributed by atoms with van der Waals surface area (Å²) in [6, 6.07) is 0.985. The Morgan fingerprint density at radius 1 is 1.06 bits per heavy atom. The topological polar surface area (TPSA) is 64.7 Å². The number of carbonyl (C=O) groups is 2. The smallest absolute Gasteiger partial charge is 0.237 e. The molecule has 5 fully saturated rings. The summed E-state index contributed by atoms with van der Waals surface area (Å²) in [5.41, 5.74) is 0. The van der Waals surface area contributed by atoms with Crippen molar-refractivity contribution in [2.45, 2.75) is 108 Å². The number of carbonyl (C=O) groups excluding carboxylic acids is 2. The molecule has 0 aromatic heterocycles. The van der Waals surface area contributed by atoms with E-state index in [4.69, 9.17) is 0 Å². The van der Waals surface area contributed by atoms with E-state index in [-0.39, 0.29) is 30.0 Å². The van der Waals surface area contributed by atoms with Gasteiger partial charge in [-0.1, -0.05) is 6.92 Å². The van der Waals surface area contributed by atoms with Crippen molar-refractivity contribution in [2.75, 3.05) is 19.6 Å². The van der Waals surface area contributed by atoms with Gasteiger partial charge in [0.05, 0.1) is 6.04 Å². The minimum Gasteiger partial charge on any atom is -0.352 e. The van der Waals surface area contributed by atoms with E-state index in [0.717, 1.165) is 58.2 Å². The van der Waals surface area contributed by atoms with Crippen molar-refractivity contribution in [3.63, 3.8) is 0 Å². The average molecular weight is 435 g/mol. The van der Waals surface area contributed by atoms with Crippen LogP contribution in [-0.2, 0) is 9.59 Å². The van der Waals surface area contributed by atoms with Crippen molar-refractivity contribution in [3.8, 4) is 0 Å². The van der Waals surface area contributed by atoms with Crippen LogP contribution < -0.4 is 10.6 Å². The Morgan fingerprint density at radius 3 is 2.74 bits per heavy atom. The maximum atomic E-state index is 14.4. The van der Waals surface area contributed by atoms with Gasteiger partial charge in [-0.15, -0.1) is 0 Å². The third kappa shape index (κ3) is 4.37. The molecule has 0 radical (unpaired) electrons. The highest BCUT2D eigenvalue weighted by molar-refractivity contribution is 5.82. The van der Waals surface area contributed by atoms with Crippen LogP contribution in [0, 0.1) is 11.8 Å². The summed E-state index contributed by atoms with van der Waals surface area (Å²) in [5.74, 6) is 0.841. The monoisotopic (exact) mass is 434 g/mol. The van der Waals surface area contributed by atoms with Gasteiger partial charge in [-0.3, -0.25) is 14.5 Å². The first-order valence-corrected chi connectivity index (χ1v) is 12.7. The number of hydrogen-bond donors (Lipinski definition) is 2. The van der Waals surface area contributed by atoms with E-state index in [1.165, 1.54) is 6.42 Å². The van der Waals surface area contributed by atoms with Gasteiger partial charge in [0, 0.05) is 56.1 Å². The van der Waals surface area contributed by atoms with Gasteiger partial charge in [-0.25, -0.2) is 4.39 Å². The van der Waals surface area contributed by atoms with Crippen LogP contribution in [0.1, 0.15) is 71.1 Å². The molecule has 6 nitrogen and oxygen atoms in total. The first-order chi connectivity index (χ1) is 15.0. The third-order valence-corrected chi connectivity index (χ3v) is 8.93. The zero-order chi connectivity index (χ0) is 21.5. The third-order valence-electron chi connectivity index (χ3n) is 8.93.